The Hall–Kier alpha value is -2.03. The second-order valence-electron chi connectivity index (χ2n) is 8.50. The van der Waals surface area contributed by atoms with Gasteiger partial charge in [0.2, 0.25) is 10.0 Å². The highest BCUT2D eigenvalue weighted by Gasteiger charge is 2.26. The summed E-state index contributed by atoms with van der Waals surface area (Å²) in [6, 6.07) is 13.3. The van der Waals surface area contributed by atoms with E-state index < -0.39 is 16.4 Å². The first kappa shape index (κ1) is 22.2. The minimum atomic E-state index is -3.18. The van der Waals surface area contributed by atoms with Gasteiger partial charge in [-0.15, -0.1) is 0 Å². The van der Waals surface area contributed by atoms with Gasteiger partial charge in [0.25, 0.3) is 6.43 Å². The zero-order valence-corrected chi connectivity index (χ0v) is 18.5. The smallest absolute Gasteiger partial charge is 0.267 e. The van der Waals surface area contributed by atoms with Crippen molar-refractivity contribution in [2.75, 3.05) is 26.0 Å². The van der Waals surface area contributed by atoms with Crippen LogP contribution in [0, 0.1) is 5.92 Å². The minimum Gasteiger partial charge on any atom is -0.493 e. The number of hydrogen-bond acceptors (Lipinski definition) is 4. The van der Waals surface area contributed by atoms with Gasteiger partial charge in [0, 0.05) is 32.7 Å². The topological polar surface area (TPSA) is 49.9 Å². The van der Waals surface area contributed by atoms with Crippen LogP contribution in [0.1, 0.15) is 41.5 Å². The van der Waals surface area contributed by atoms with E-state index in [1.807, 2.05) is 18.2 Å². The number of alkyl halides is 2. The Morgan fingerprint density at radius 1 is 1.06 bits per heavy atom. The zero-order chi connectivity index (χ0) is 22.0. The fraction of sp³-hybridized carbons (Fsp3) is 0.478. The average molecular weight is 451 g/mol. The highest BCUT2D eigenvalue weighted by atomic mass is 32.2. The fourth-order valence-corrected chi connectivity index (χ4v) is 5.26. The molecular formula is C23H28F2N2O3S. The van der Waals surface area contributed by atoms with Crippen LogP contribution in [0.25, 0.3) is 0 Å². The third kappa shape index (κ3) is 5.42. The predicted molar refractivity (Wildman–Crippen MR) is 115 cm³/mol. The molecule has 0 N–H and O–H groups in total. The van der Waals surface area contributed by atoms with E-state index in [4.69, 9.17) is 4.74 Å². The summed E-state index contributed by atoms with van der Waals surface area (Å²) in [4.78, 5) is 2.24. The summed E-state index contributed by atoms with van der Waals surface area (Å²) in [7, 11) is -3.18. The maximum Gasteiger partial charge on any atom is 0.267 e. The molecule has 1 fully saturated rings. The van der Waals surface area contributed by atoms with Crippen molar-refractivity contribution < 1.29 is 21.9 Å². The molecule has 1 saturated heterocycles. The molecule has 0 aromatic heterocycles. The van der Waals surface area contributed by atoms with Gasteiger partial charge in [-0.05, 0) is 47.6 Å². The Bertz CT molecular complexity index is 996. The van der Waals surface area contributed by atoms with Crippen LogP contribution in [0.3, 0.4) is 0 Å². The highest BCUT2D eigenvalue weighted by molar-refractivity contribution is 7.88. The number of ether oxygens (including phenoxy) is 1. The van der Waals surface area contributed by atoms with Crippen LogP contribution in [0.5, 0.6) is 5.75 Å². The summed E-state index contributed by atoms with van der Waals surface area (Å²) in [5, 5.41) is 0. The summed E-state index contributed by atoms with van der Waals surface area (Å²) < 4.78 is 57.9. The van der Waals surface area contributed by atoms with E-state index in [9.17, 15) is 17.2 Å². The number of sulfonamides is 1. The van der Waals surface area contributed by atoms with E-state index in [0.29, 0.717) is 39.1 Å². The van der Waals surface area contributed by atoms with E-state index in [0.717, 1.165) is 18.7 Å². The van der Waals surface area contributed by atoms with Gasteiger partial charge >= 0.3 is 0 Å². The first-order valence-corrected chi connectivity index (χ1v) is 12.4. The van der Waals surface area contributed by atoms with Crippen molar-refractivity contribution in [2.24, 2.45) is 5.92 Å². The van der Waals surface area contributed by atoms with Gasteiger partial charge < -0.3 is 4.74 Å². The molecule has 2 heterocycles. The summed E-state index contributed by atoms with van der Waals surface area (Å²) in [6.45, 7) is 3.48. The molecule has 0 bridgehead atoms. The molecule has 5 nitrogen and oxygen atoms in total. The molecule has 2 aliphatic rings. The van der Waals surface area contributed by atoms with Gasteiger partial charge in [-0.2, -0.15) is 0 Å². The third-order valence-electron chi connectivity index (χ3n) is 6.14. The standard InChI is InChI=1S/C23H28F2N2O3S/c1-31(28,29)27-10-8-17(9-11-27)16-30-22-7-6-18(12-21(22)23(24)25)13-26-14-19-4-2-3-5-20(19)15-26/h2-7,12,17,23H,8-11,13-16H2,1H3. The van der Waals surface area contributed by atoms with Gasteiger partial charge in [-0.3, -0.25) is 4.90 Å². The van der Waals surface area contributed by atoms with Crippen LogP contribution in [-0.2, 0) is 29.7 Å². The molecule has 4 rings (SSSR count). The lowest BCUT2D eigenvalue weighted by molar-refractivity contribution is 0.138. The molecule has 8 heteroatoms. The number of hydrogen-bond donors (Lipinski definition) is 0. The van der Waals surface area contributed by atoms with Crippen molar-refractivity contribution in [1.29, 1.82) is 0 Å². The lowest BCUT2D eigenvalue weighted by Crippen LogP contribution is -2.39. The Morgan fingerprint density at radius 3 is 2.29 bits per heavy atom. The molecule has 2 aromatic carbocycles. The second kappa shape index (κ2) is 9.22. The molecule has 0 amide bonds. The zero-order valence-electron chi connectivity index (χ0n) is 17.6. The van der Waals surface area contributed by atoms with Crippen LogP contribution < -0.4 is 4.74 Å². The molecule has 0 spiro atoms. The second-order valence-corrected chi connectivity index (χ2v) is 10.5. The molecule has 0 atom stereocenters. The monoisotopic (exact) mass is 450 g/mol. The first-order chi connectivity index (χ1) is 14.8. The molecule has 0 aliphatic carbocycles. The molecular weight excluding hydrogens is 422 g/mol. The van der Waals surface area contributed by atoms with Gasteiger partial charge in [-0.25, -0.2) is 21.5 Å². The maximum atomic E-state index is 13.7. The van der Waals surface area contributed by atoms with Gasteiger partial charge in [0.05, 0.1) is 18.4 Å². The lowest BCUT2D eigenvalue weighted by Gasteiger charge is -2.30. The van der Waals surface area contributed by atoms with Crippen LogP contribution in [0.4, 0.5) is 8.78 Å². The van der Waals surface area contributed by atoms with E-state index in [1.165, 1.54) is 21.7 Å². The lowest BCUT2D eigenvalue weighted by atomic mass is 9.99. The summed E-state index contributed by atoms with van der Waals surface area (Å²) >= 11 is 0. The number of piperidine rings is 1. The van der Waals surface area contributed by atoms with Crippen molar-refractivity contribution >= 4 is 10.0 Å². The van der Waals surface area contributed by atoms with Crippen LogP contribution >= 0.6 is 0 Å². The first-order valence-electron chi connectivity index (χ1n) is 10.6. The van der Waals surface area contributed by atoms with Crippen molar-refractivity contribution in [1.82, 2.24) is 9.21 Å². The average Bonchev–Trinajstić information content (AvgIpc) is 3.14. The van der Waals surface area contributed by atoms with Crippen molar-refractivity contribution in [2.45, 2.75) is 38.9 Å². The van der Waals surface area contributed by atoms with Crippen LogP contribution in [-0.4, -0.2) is 43.6 Å². The molecule has 0 unspecified atom stereocenters. The maximum absolute atomic E-state index is 13.7. The highest BCUT2D eigenvalue weighted by Crippen LogP contribution is 2.32. The summed E-state index contributed by atoms with van der Waals surface area (Å²) in [5.74, 6) is 0.375. The molecule has 0 saturated carbocycles. The van der Waals surface area contributed by atoms with Gasteiger partial charge in [0.1, 0.15) is 5.75 Å². The molecule has 2 aliphatic heterocycles. The minimum absolute atomic E-state index is 0.0808. The van der Waals surface area contributed by atoms with Gasteiger partial charge in [-0.1, -0.05) is 30.3 Å². The van der Waals surface area contributed by atoms with Gasteiger partial charge in [0.15, 0.2) is 0 Å². The summed E-state index contributed by atoms with van der Waals surface area (Å²) in [6.07, 6.45) is -0.0611. The number of nitrogens with zero attached hydrogens (tertiary/aromatic N) is 2. The number of halogens is 2. The Labute approximate surface area is 182 Å². The van der Waals surface area contributed by atoms with Crippen LogP contribution in [0.15, 0.2) is 42.5 Å². The van der Waals surface area contributed by atoms with Crippen molar-refractivity contribution in [3.05, 3.63) is 64.7 Å². The van der Waals surface area contributed by atoms with Crippen molar-refractivity contribution in [3.8, 4) is 5.75 Å². The summed E-state index contributed by atoms with van der Waals surface area (Å²) in [5.41, 5.74) is 3.34. The van der Waals surface area contributed by atoms with E-state index >= 15 is 0 Å². The Kier molecular flexibility index (Phi) is 6.60. The van der Waals surface area contributed by atoms with E-state index in [-0.39, 0.29) is 17.2 Å². The normalized spacial score (nSPS) is 18.5. The van der Waals surface area contributed by atoms with E-state index in [1.54, 1.807) is 12.1 Å². The Balaban J connectivity index is 1.36. The Morgan fingerprint density at radius 2 is 1.71 bits per heavy atom. The number of rotatable bonds is 7. The van der Waals surface area contributed by atoms with E-state index in [2.05, 4.69) is 17.0 Å². The number of benzene rings is 2. The van der Waals surface area contributed by atoms with Crippen molar-refractivity contribution in [3.63, 3.8) is 0 Å². The predicted octanol–water partition coefficient (Wildman–Crippen LogP) is 4.19. The quantitative estimate of drug-likeness (QED) is 0.635. The van der Waals surface area contributed by atoms with Crippen LogP contribution in [0.2, 0.25) is 0 Å². The molecule has 168 valence electrons. The third-order valence-corrected chi connectivity index (χ3v) is 7.44. The molecule has 2 aromatic rings. The SMILES string of the molecule is CS(=O)(=O)N1CCC(COc2ccc(CN3Cc4ccccc4C3)cc2C(F)F)CC1. The molecule has 0 radical (unpaired) electrons. The fourth-order valence-electron chi connectivity index (χ4n) is 4.39. The largest absolute Gasteiger partial charge is 0.493 e. The number of fused-ring (bicyclic) bond motifs is 1. The molecule has 31 heavy (non-hydrogen) atoms.